The van der Waals surface area contributed by atoms with Gasteiger partial charge in [0.05, 0.1) is 31.8 Å². The lowest BCUT2D eigenvalue weighted by molar-refractivity contribution is -0.190. The Hall–Kier alpha value is -6.07. The van der Waals surface area contributed by atoms with Crippen LogP contribution in [0.1, 0.15) is 108 Å². The van der Waals surface area contributed by atoms with E-state index in [1.165, 1.54) is 11.1 Å². The Morgan fingerprint density at radius 1 is 0.866 bits per heavy atom. The summed E-state index contributed by atoms with van der Waals surface area (Å²) in [5, 5.41) is 40.9. The highest BCUT2D eigenvalue weighted by Gasteiger charge is 2.53. The summed E-state index contributed by atoms with van der Waals surface area (Å²) in [5.41, 5.74) is 5.46. The van der Waals surface area contributed by atoms with Crippen molar-refractivity contribution >= 4 is 22.9 Å². The van der Waals surface area contributed by atoms with E-state index in [1.54, 1.807) is 26.0 Å². The van der Waals surface area contributed by atoms with Crippen LogP contribution >= 0.6 is 0 Å². The zero-order valence-electron chi connectivity index (χ0n) is 38.1. The molecule has 12 heteroatoms. The minimum absolute atomic E-state index is 0.00384. The number of carbonyl (C=O) groups excluding carboxylic acids is 2. The maximum absolute atomic E-state index is 14.8. The molecule has 1 aromatic heterocycles. The van der Waals surface area contributed by atoms with Gasteiger partial charge in [-0.1, -0.05) is 84.6 Å². The number of carbonyl (C=O) groups is 2. The molecule has 0 saturated heterocycles. The average Bonchev–Trinajstić information content (AvgIpc) is 3.32. The number of aliphatic hydroxyl groups excluding tert-OH is 4. The number of aliphatic hydroxyl groups is 4. The summed E-state index contributed by atoms with van der Waals surface area (Å²) in [4.78, 5) is 43.6. The molecule has 350 valence electrons. The summed E-state index contributed by atoms with van der Waals surface area (Å²) in [6, 6.07) is 28.4. The van der Waals surface area contributed by atoms with Gasteiger partial charge in [-0.25, -0.2) is 9.59 Å². The third-order valence-corrected chi connectivity index (χ3v) is 13.5. The lowest BCUT2D eigenvalue weighted by Gasteiger charge is -2.44. The number of fused-ring (bicyclic) bond motifs is 7. The average molecular weight is 911 g/mol. The Bertz CT molecular complexity index is 2760. The summed E-state index contributed by atoms with van der Waals surface area (Å²) < 4.78 is 31.3. The Morgan fingerprint density at radius 3 is 2.45 bits per heavy atom. The van der Waals surface area contributed by atoms with E-state index in [4.69, 9.17) is 23.4 Å². The molecule has 3 aliphatic heterocycles. The predicted molar refractivity (Wildman–Crippen MR) is 250 cm³/mol. The van der Waals surface area contributed by atoms with E-state index in [1.807, 2.05) is 18.2 Å². The van der Waals surface area contributed by atoms with Crippen LogP contribution in [0.5, 0.6) is 5.75 Å². The normalized spacial score (nSPS) is 21.7. The Labute approximate surface area is 390 Å². The van der Waals surface area contributed by atoms with E-state index in [0.29, 0.717) is 43.1 Å². The molecule has 0 amide bonds. The first-order valence-corrected chi connectivity index (χ1v) is 23.1. The van der Waals surface area contributed by atoms with Crippen molar-refractivity contribution in [3.05, 3.63) is 157 Å². The Balaban J connectivity index is 1.26. The number of hydrogen-bond acceptors (Lipinski definition) is 12. The lowest BCUT2D eigenvalue weighted by Crippen LogP contribution is -2.54. The Morgan fingerprint density at radius 2 is 1.67 bits per heavy atom. The van der Waals surface area contributed by atoms with Crippen LogP contribution in [0.3, 0.4) is 0 Å². The van der Waals surface area contributed by atoms with Crippen molar-refractivity contribution in [2.75, 3.05) is 26.6 Å². The lowest BCUT2D eigenvalue weighted by atomic mass is 9.82. The van der Waals surface area contributed by atoms with Crippen molar-refractivity contribution in [3.8, 4) is 17.6 Å². The van der Waals surface area contributed by atoms with Crippen LogP contribution in [0, 0.1) is 17.8 Å². The second-order valence-corrected chi connectivity index (χ2v) is 18.2. The van der Waals surface area contributed by atoms with Crippen LogP contribution in [0.15, 0.2) is 105 Å². The number of hydrogen-bond donors (Lipinski definition) is 4. The summed E-state index contributed by atoms with van der Waals surface area (Å²) >= 11 is 0. The smallest absolute Gasteiger partial charge is 0.340 e. The zero-order valence-corrected chi connectivity index (χ0v) is 38.1. The molecule has 0 spiro atoms. The van der Waals surface area contributed by atoms with Crippen LogP contribution in [0.2, 0.25) is 0 Å². The summed E-state index contributed by atoms with van der Waals surface area (Å²) in [7, 11) is 0. The van der Waals surface area contributed by atoms with E-state index < -0.39 is 54.7 Å². The number of benzene rings is 4. The monoisotopic (exact) mass is 910 g/mol. The maximum Gasteiger partial charge on any atom is 0.340 e. The van der Waals surface area contributed by atoms with Crippen molar-refractivity contribution in [1.82, 2.24) is 0 Å². The minimum atomic E-state index is -1.41. The van der Waals surface area contributed by atoms with Crippen LogP contribution in [-0.4, -0.2) is 70.7 Å². The number of rotatable bonds is 13. The van der Waals surface area contributed by atoms with Gasteiger partial charge in [-0.05, 0) is 121 Å². The summed E-state index contributed by atoms with van der Waals surface area (Å²) in [5.74, 6) is 4.65. The molecule has 4 N–H and O–H groups in total. The number of ether oxygens (including phenoxy) is 4. The van der Waals surface area contributed by atoms with E-state index in [0.717, 1.165) is 28.7 Å². The molecule has 5 atom stereocenters. The topological polar surface area (TPSA) is 182 Å². The molecule has 0 radical (unpaired) electrons. The first kappa shape index (κ1) is 47.4. The SMILES string of the molecule is C/C(CO)=C1\CCc2ccc3c(c2)CC#CC[C@@]2(C)Oc4ccc5c(CO)c([C@H](CCO)COCO)c(=O)oc5c4[C@@H](OC(=O)C[C@@H](CCc4cccc(Cc5ccccc5)c4)C3)[C@@H]2OC1=O. The molecular formula is C55H58O12. The molecule has 5 aromatic rings. The molecule has 8 rings (SSSR count). The second kappa shape index (κ2) is 21.3. The molecule has 3 aliphatic rings. The second-order valence-electron chi connectivity index (χ2n) is 18.2. The molecule has 0 saturated carbocycles. The summed E-state index contributed by atoms with van der Waals surface area (Å²) in [6.07, 6.45) is 1.28. The van der Waals surface area contributed by atoms with Gasteiger partial charge in [0.1, 0.15) is 18.1 Å². The van der Waals surface area contributed by atoms with Gasteiger partial charge in [0.15, 0.2) is 17.8 Å². The van der Waals surface area contributed by atoms with Gasteiger partial charge < -0.3 is 43.8 Å². The van der Waals surface area contributed by atoms with Crippen molar-refractivity contribution in [2.24, 2.45) is 5.92 Å². The van der Waals surface area contributed by atoms with Crippen molar-refractivity contribution in [3.63, 3.8) is 0 Å². The van der Waals surface area contributed by atoms with Crippen molar-refractivity contribution in [1.29, 1.82) is 0 Å². The number of aryl methyl sites for hydroxylation is 2. The minimum Gasteiger partial charge on any atom is -0.482 e. The van der Waals surface area contributed by atoms with Crippen LogP contribution in [0.25, 0.3) is 11.0 Å². The van der Waals surface area contributed by atoms with Gasteiger partial charge >= 0.3 is 17.6 Å². The van der Waals surface area contributed by atoms with E-state index in [9.17, 15) is 34.8 Å². The van der Waals surface area contributed by atoms with Gasteiger partial charge in [0, 0.05) is 41.9 Å². The van der Waals surface area contributed by atoms with Gasteiger partial charge in [-0.2, -0.15) is 0 Å². The molecule has 0 unspecified atom stereocenters. The third-order valence-electron chi connectivity index (χ3n) is 13.5. The fraction of sp³-hybridized carbons (Fsp3) is 0.400. The van der Waals surface area contributed by atoms with Gasteiger partial charge in [0.2, 0.25) is 0 Å². The number of esters is 2. The highest BCUT2D eigenvalue weighted by Crippen LogP contribution is 2.49. The van der Waals surface area contributed by atoms with Gasteiger partial charge in [0.25, 0.3) is 0 Å². The highest BCUT2D eigenvalue weighted by atomic mass is 16.6. The Kier molecular flexibility index (Phi) is 15.1. The molecule has 12 nitrogen and oxygen atoms in total. The quantitative estimate of drug-likeness (QED) is 0.0312. The standard InChI is InChI=1S/C55H58O12/c1-34(30-57)43-19-17-37-16-18-41-28-39(15-14-36-11-8-12-38(26-36)25-35-9-4-3-5-10-35)29-47(60)64-51-49-46(67-55(2,52(51)66-53(43)61)23-7-6-13-40(41)27-37)21-20-44-45(31-58)48(54(62)65-50(44)49)42(22-24-56)32-63-33-59/h3-5,8-12,16,18,20-21,26-27,39,42,51-52,56-59H,13-15,17,19,22-25,28-33H2,1-2H3/b43-34-/t39-,42+,51+,52-,55+/m0/s1. The molecule has 0 fully saturated rings. The van der Waals surface area contributed by atoms with E-state index in [-0.39, 0.29) is 85.0 Å². The largest absolute Gasteiger partial charge is 0.482 e. The van der Waals surface area contributed by atoms with E-state index in [2.05, 4.69) is 66.4 Å². The molecule has 5 bridgehead atoms. The molecular weight excluding hydrogens is 853 g/mol. The molecule has 0 aliphatic carbocycles. The first-order valence-electron chi connectivity index (χ1n) is 23.1. The van der Waals surface area contributed by atoms with Crippen molar-refractivity contribution < 1.29 is 53.4 Å². The fourth-order valence-corrected chi connectivity index (χ4v) is 9.92. The fourth-order valence-electron chi connectivity index (χ4n) is 9.92. The van der Waals surface area contributed by atoms with Crippen LogP contribution in [-0.2, 0) is 62.5 Å². The van der Waals surface area contributed by atoms with Gasteiger partial charge in [-0.3, -0.25) is 4.79 Å². The molecule has 67 heavy (non-hydrogen) atoms. The maximum atomic E-state index is 14.8. The van der Waals surface area contributed by atoms with Crippen LogP contribution < -0.4 is 10.4 Å². The highest BCUT2D eigenvalue weighted by molar-refractivity contribution is 5.90. The van der Waals surface area contributed by atoms with E-state index >= 15 is 0 Å². The third kappa shape index (κ3) is 10.6. The first-order chi connectivity index (χ1) is 32.5. The van der Waals surface area contributed by atoms with Gasteiger partial charge in [-0.15, -0.1) is 0 Å². The van der Waals surface area contributed by atoms with Crippen LogP contribution in [0.4, 0.5) is 0 Å². The molecule has 4 aromatic carbocycles. The molecule has 4 heterocycles. The zero-order chi connectivity index (χ0) is 47.1. The predicted octanol–water partition coefficient (Wildman–Crippen LogP) is 7.04. The summed E-state index contributed by atoms with van der Waals surface area (Å²) in [6.45, 7) is 1.35. The van der Waals surface area contributed by atoms with Crippen molar-refractivity contribution in [2.45, 2.75) is 108 Å².